The number of hydrogen-bond acceptors (Lipinski definition) is 6. The van der Waals surface area contributed by atoms with Crippen LogP contribution in [0.25, 0.3) is 0 Å². The summed E-state index contributed by atoms with van der Waals surface area (Å²) in [6.45, 7) is 3.14. The molecule has 2 aromatic carbocycles. The van der Waals surface area contributed by atoms with Crippen LogP contribution in [0.4, 0.5) is 4.39 Å². The van der Waals surface area contributed by atoms with E-state index in [4.69, 9.17) is 14.0 Å². The normalized spacial score (nSPS) is 11.9. The zero-order valence-electron chi connectivity index (χ0n) is 18.2. The second kappa shape index (κ2) is 10.2. The molecular formula is C24H24FN3O5. The second-order valence-electron chi connectivity index (χ2n) is 7.64. The van der Waals surface area contributed by atoms with E-state index in [1.807, 2.05) is 19.1 Å². The Kier molecular flexibility index (Phi) is 6.87. The molecule has 8 nitrogen and oxygen atoms in total. The number of nitrogens with one attached hydrogen (secondary N) is 1. The minimum atomic E-state index is -0.404. The van der Waals surface area contributed by atoms with E-state index in [2.05, 4.69) is 10.5 Å². The van der Waals surface area contributed by atoms with Gasteiger partial charge in [0.05, 0.1) is 6.54 Å². The quantitative estimate of drug-likeness (QED) is 0.528. The van der Waals surface area contributed by atoms with Crippen LogP contribution in [0.2, 0.25) is 0 Å². The number of rotatable bonds is 9. The average molecular weight is 453 g/mol. The Morgan fingerprint density at radius 2 is 1.88 bits per heavy atom. The van der Waals surface area contributed by atoms with Crippen molar-refractivity contribution >= 4 is 11.8 Å². The van der Waals surface area contributed by atoms with Crippen LogP contribution in [-0.4, -0.2) is 35.2 Å². The minimum Gasteiger partial charge on any atom is -0.454 e. The fourth-order valence-corrected chi connectivity index (χ4v) is 3.38. The van der Waals surface area contributed by atoms with E-state index in [1.54, 1.807) is 11.0 Å². The predicted octanol–water partition coefficient (Wildman–Crippen LogP) is 3.91. The van der Waals surface area contributed by atoms with Crippen molar-refractivity contribution in [3.63, 3.8) is 0 Å². The van der Waals surface area contributed by atoms with Gasteiger partial charge in [-0.25, -0.2) is 4.39 Å². The molecule has 0 fully saturated rings. The van der Waals surface area contributed by atoms with Crippen molar-refractivity contribution in [3.8, 4) is 11.5 Å². The van der Waals surface area contributed by atoms with Gasteiger partial charge in [-0.05, 0) is 48.4 Å². The Bertz CT molecular complexity index is 1130. The number of unbranched alkanes of at least 4 members (excludes halogenated alkanes) is 1. The van der Waals surface area contributed by atoms with Gasteiger partial charge in [-0.1, -0.05) is 24.6 Å². The summed E-state index contributed by atoms with van der Waals surface area (Å²) in [4.78, 5) is 27.0. The molecule has 0 atom stereocenters. The second-order valence-corrected chi connectivity index (χ2v) is 7.64. The van der Waals surface area contributed by atoms with Crippen molar-refractivity contribution < 1.29 is 28.0 Å². The van der Waals surface area contributed by atoms with Gasteiger partial charge in [0.15, 0.2) is 23.0 Å². The number of benzene rings is 2. The first-order valence-corrected chi connectivity index (χ1v) is 10.7. The zero-order chi connectivity index (χ0) is 23.2. The highest BCUT2D eigenvalue weighted by Gasteiger charge is 2.20. The van der Waals surface area contributed by atoms with Crippen molar-refractivity contribution in [2.75, 3.05) is 13.3 Å². The number of carbonyl (C=O) groups is 2. The summed E-state index contributed by atoms with van der Waals surface area (Å²) < 4.78 is 29.1. The molecular weight excluding hydrogens is 429 g/mol. The van der Waals surface area contributed by atoms with Gasteiger partial charge in [0.25, 0.3) is 11.8 Å². The van der Waals surface area contributed by atoms with Gasteiger partial charge in [0, 0.05) is 24.7 Å². The van der Waals surface area contributed by atoms with Crippen molar-refractivity contribution in [3.05, 3.63) is 76.9 Å². The van der Waals surface area contributed by atoms with Crippen LogP contribution in [0, 0.1) is 5.82 Å². The van der Waals surface area contributed by atoms with E-state index in [1.165, 1.54) is 30.3 Å². The summed E-state index contributed by atoms with van der Waals surface area (Å²) in [5.41, 5.74) is 1.36. The lowest BCUT2D eigenvalue weighted by Gasteiger charge is -2.21. The van der Waals surface area contributed by atoms with Crippen molar-refractivity contribution in [2.24, 2.45) is 0 Å². The van der Waals surface area contributed by atoms with E-state index in [-0.39, 0.29) is 31.5 Å². The van der Waals surface area contributed by atoms with Gasteiger partial charge in [0.1, 0.15) is 5.82 Å². The maximum absolute atomic E-state index is 13.2. The molecule has 1 aliphatic rings. The van der Waals surface area contributed by atoms with Crippen LogP contribution in [0.1, 0.15) is 51.9 Å². The van der Waals surface area contributed by atoms with Gasteiger partial charge in [-0.3, -0.25) is 9.59 Å². The van der Waals surface area contributed by atoms with Crippen LogP contribution >= 0.6 is 0 Å². The van der Waals surface area contributed by atoms with E-state index >= 15 is 0 Å². The lowest BCUT2D eigenvalue weighted by Crippen LogP contribution is -2.31. The molecule has 0 bridgehead atoms. The zero-order valence-corrected chi connectivity index (χ0v) is 18.2. The van der Waals surface area contributed by atoms with E-state index < -0.39 is 11.7 Å². The fraction of sp³-hybridized carbons (Fsp3) is 0.292. The van der Waals surface area contributed by atoms with Gasteiger partial charge in [-0.15, -0.1) is 0 Å². The molecule has 0 saturated carbocycles. The minimum absolute atomic E-state index is 0.121. The number of hydrogen-bond donors (Lipinski definition) is 1. The van der Waals surface area contributed by atoms with Crippen molar-refractivity contribution in [2.45, 2.75) is 32.9 Å². The molecule has 172 valence electrons. The maximum atomic E-state index is 13.2. The molecule has 2 amide bonds. The first-order valence-electron chi connectivity index (χ1n) is 10.7. The molecule has 0 saturated heterocycles. The van der Waals surface area contributed by atoms with Crippen LogP contribution in [-0.2, 0) is 13.1 Å². The summed E-state index contributed by atoms with van der Waals surface area (Å²) in [7, 11) is 0. The molecule has 3 aromatic rings. The van der Waals surface area contributed by atoms with Gasteiger partial charge in [0.2, 0.25) is 6.79 Å². The molecule has 0 radical (unpaired) electrons. The van der Waals surface area contributed by atoms with E-state index in [0.29, 0.717) is 29.4 Å². The lowest BCUT2D eigenvalue weighted by atomic mass is 10.1. The molecule has 0 aliphatic carbocycles. The Hall–Kier alpha value is -3.88. The summed E-state index contributed by atoms with van der Waals surface area (Å²) in [6, 6.07) is 12.4. The molecule has 9 heteroatoms. The summed E-state index contributed by atoms with van der Waals surface area (Å²) in [5, 5.41) is 6.63. The fourth-order valence-electron chi connectivity index (χ4n) is 3.38. The number of halogens is 1. The standard InChI is InChI=1S/C24H24FN3O5/c1-2-3-10-28(24(30)17-5-7-18(25)8-6-17)14-19-12-20(27-33-19)23(29)26-13-16-4-9-21-22(11-16)32-15-31-21/h4-9,11-12H,2-3,10,13-15H2,1H3,(H,26,29). The van der Waals surface area contributed by atoms with Crippen LogP contribution in [0.3, 0.4) is 0 Å². The largest absolute Gasteiger partial charge is 0.454 e. The number of carbonyl (C=O) groups excluding carboxylic acids is 2. The summed E-state index contributed by atoms with van der Waals surface area (Å²) >= 11 is 0. The topological polar surface area (TPSA) is 93.9 Å². The monoisotopic (exact) mass is 453 g/mol. The van der Waals surface area contributed by atoms with Gasteiger partial charge >= 0.3 is 0 Å². The van der Waals surface area contributed by atoms with Crippen LogP contribution in [0.5, 0.6) is 11.5 Å². The molecule has 1 N–H and O–H groups in total. The van der Waals surface area contributed by atoms with Gasteiger partial charge in [-0.2, -0.15) is 0 Å². The molecule has 33 heavy (non-hydrogen) atoms. The SMILES string of the molecule is CCCCN(Cc1cc(C(=O)NCc2ccc3c(c2)OCO3)no1)C(=O)c1ccc(F)cc1. The number of nitrogens with zero attached hydrogens (tertiary/aromatic N) is 2. The predicted molar refractivity (Wildman–Crippen MR) is 116 cm³/mol. The Balaban J connectivity index is 1.38. The molecule has 4 rings (SSSR count). The van der Waals surface area contributed by atoms with Crippen molar-refractivity contribution in [1.82, 2.24) is 15.4 Å². The average Bonchev–Trinajstić information content (AvgIpc) is 3.49. The molecule has 0 spiro atoms. The number of aromatic nitrogens is 1. The number of fused-ring (bicyclic) bond motifs is 1. The van der Waals surface area contributed by atoms with E-state index in [9.17, 15) is 14.0 Å². The highest BCUT2D eigenvalue weighted by atomic mass is 19.1. The Morgan fingerprint density at radius 3 is 2.67 bits per heavy atom. The number of amides is 2. The lowest BCUT2D eigenvalue weighted by molar-refractivity contribution is 0.0724. The third-order valence-electron chi connectivity index (χ3n) is 5.19. The van der Waals surface area contributed by atoms with Crippen LogP contribution in [0.15, 0.2) is 53.1 Å². The first-order chi connectivity index (χ1) is 16.0. The Morgan fingerprint density at radius 1 is 1.09 bits per heavy atom. The molecule has 1 aromatic heterocycles. The highest BCUT2D eigenvalue weighted by Crippen LogP contribution is 2.32. The summed E-state index contributed by atoms with van der Waals surface area (Å²) in [5.74, 6) is 0.659. The van der Waals surface area contributed by atoms with E-state index in [0.717, 1.165) is 18.4 Å². The van der Waals surface area contributed by atoms with Crippen molar-refractivity contribution in [1.29, 1.82) is 0 Å². The molecule has 1 aliphatic heterocycles. The third kappa shape index (κ3) is 5.49. The Labute approximate surface area is 190 Å². The smallest absolute Gasteiger partial charge is 0.273 e. The summed E-state index contributed by atoms with van der Waals surface area (Å²) in [6.07, 6.45) is 1.70. The highest BCUT2D eigenvalue weighted by molar-refractivity contribution is 5.94. The van der Waals surface area contributed by atoms with Crippen LogP contribution < -0.4 is 14.8 Å². The number of ether oxygens (including phenoxy) is 2. The molecule has 0 unspecified atom stereocenters. The first kappa shape index (κ1) is 22.3. The molecule has 2 heterocycles. The maximum Gasteiger partial charge on any atom is 0.273 e. The third-order valence-corrected chi connectivity index (χ3v) is 5.19. The van der Waals surface area contributed by atoms with Gasteiger partial charge < -0.3 is 24.2 Å².